The fourth-order valence-corrected chi connectivity index (χ4v) is 2.12. The number of nitrogens with zero attached hydrogens (tertiary/aromatic N) is 1. The minimum atomic E-state index is -0.120. The number of halogens is 2. The van der Waals surface area contributed by atoms with Crippen molar-refractivity contribution in [2.24, 2.45) is 10.9 Å². The molecular weight excluding hydrogens is 299 g/mol. The lowest BCUT2D eigenvalue weighted by atomic mass is 10.1. The number of benzene rings is 2. The molecule has 0 saturated heterocycles. The molecule has 0 aliphatic heterocycles. The maximum Gasteiger partial charge on any atom is 0.175 e. The molecule has 0 spiro atoms. The summed E-state index contributed by atoms with van der Waals surface area (Å²) in [5.41, 5.74) is 6.86. The minimum absolute atomic E-state index is 0.120. The smallest absolute Gasteiger partial charge is 0.175 e. The van der Waals surface area contributed by atoms with Crippen LogP contribution in [0, 0.1) is 6.92 Å². The molecular formula is C14H12Cl2N2O2. The molecule has 4 nitrogen and oxygen atoms in total. The molecule has 0 saturated carbocycles. The highest BCUT2D eigenvalue weighted by Gasteiger charge is 2.14. The number of nitrogens with two attached hydrogens (primary N) is 1. The molecule has 0 atom stereocenters. The van der Waals surface area contributed by atoms with Crippen LogP contribution in [0.1, 0.15) is 11.1 Å². The summed E-state index contributed by atoms with van der Waals surface area (Å²) in [5.74, 6) is 0.843. The Kier molecular flexibility index (Phi) is 4.37. The van der Waals surface area contributed by atoms with Crippen LogP contribution in [-0.2, 0) is 0 Å². The molecule has 0 bridgehead atoms. The van der Waals surface area contributed by atoms with Gasteiger partial charge in [0.1, 0.15) is 11.5 Å². The highest BCUT2D eigenvalue weighted by molar-refractivity contribution is 6.34. The molecule has 0 unspecified atom stereocenters. The number of hydrogen-bond acceptors (Lipinski definition) is 3. The van der Waals surface area contributed by atoms with Gasteiger partial charge < -0.3 is 15.7 Å². The first-order chi connectivity index (χ1) is 9.52. The van der Waals surface area contributed by atoms with Crippen LogP contribution in [0.5, 0.6) is 11.5 Å². The molecule has 0 radical (unpaired) electrons. The van der Waals surface area contributed by atoms with E-state index in [4.69, 9.17) is 38.9 Å². The summed E-state index contributed by atoms with van der Waals surface area (Å²) in [6, 6.07) is 10.3. The van der Waals surface area contributed by atoms with Gasteiger partial charge in [-0.05, 0) is 36.8 Å². The second-order valence-corrected chi connectivity index (χ2v) is 4.95. The molecule has 104 valence electrons. The summed E-state index contributed by atoms with van der Waals surface area (Å²) < 4.78 is 5.78. The van der Waals surface area contributed by atoms with Gasteiger partial charge >= 0.3 is 0 Å². The normalized spacial score (nSPS) is 11.4. The minimum Gasteiger partial charge on any atom is -0.456 e. The van der Waals surface area contributed by atoms with Crippen LogP contribution in [0.15, 0.2) is 41.6 Å². The van der Waals surface area contributed by atoms with E-state index in [2.05, 4.69) is 5.16 Å². The molecule has 0 amide bonds. The first-order valence-corrected chi connectivity index (χ1v) is 6.49. The summed E-state index contributed by atoms with van der Waals surface area (Å²) >= 11 is 12.0. The molecule has 6 heteroatoms. The number of oxime groups is 1. The van der Waals surface area contributed by atoms with E-state index >= 15 is 0 Å². The third kappa shape index (κ3) is 2.98. The lowest BCUT2D eigenvalue weighted by molar-refractivity contribution is 0.318. The van der Waals surface area contributed by atoms with Crippen LogP contribution in [0.3, 0.4) is 0 Å². The molecule has 20 heavy (non-hydrogen) atoms. The van der Waals surface area contributed by atoms with Gasteiger partial charge in [0.15, 0.2) is 5.84 Å². The van der Waals surface area contributed by atoms with E-state index in [1.807, 2.05) is 13.0 Å². The topological polar surface area (TPSA) is 67.8 Å². The van der Waals surface area contributed by atoms with E-state index in [1.54, 1.807) is 30.3 Å². The predicted octanol–water partition coefficient (Wildman–Crippen LogP) is 4.19. The number of hydrogen-bond donors (Lipinski definition) is 2. The fourth-order valence-electron chi connectivity index (χ4n) is 1.69. The van der Waals surface area contributed by atoms with Crippen LogP contribution < -0.4 is 10.5 Å². The lowest BCUT2D eigenvalue weighted by Gasteiger charge is -2.13. The Bertz CT molecular complexity index is 672. The zero-order chi connectivity index (χ0) is 14.7. The third-order valence-electron chi connectivity index (χ3n) is 2.71. The largest absolute Gasteiger partial charge is 0.456 e. The first kappa shape index (κ1) is 14.5. The average Bonchev–Trinajstić information content (AvgIpc) is 2.42. The molecule has 3 N–H and O–H groups in total. The van der Waals surface area contributed by atoms with Gasteiger partial charge in [-0.15, -0.1) is 0 Å². The SMILES string of the molecule is Cc1ccc(Cl)cc1Oc1cccc(Cl)c1C(N)=NO. The zero-order valence-electron chi connectivity index (χ0n) is 10.6. The van der Waals surface area contributed by atoms with Crippen molar-refractivity contribution in [1.82, 2.24) is 0 Å². The van der Waals surface area contributed by atoms with E-state index < -0.39 is 0 Å². The van der Waals surface area contributed by atoms with Crippen LogP contribution in [-0.4, -0.2) is 11.0 Å². The average molecular weight is 311 g/mol. The maximum absolute atomic E-state index is 8.83. The Labute approximate surface area is 126 Å². The van der Waals surface area contributed by atoms with Gasteiger partial charge in [0.25, 0.3) is 0 Å². The van der Waals surface area contributed by atoms with Crippen molar-refractivity contribution in [2.75, 3.05) is 0 Å². The Balaban J connectivity index is 2.49. The maximum atomic E-state index is 8.83. The molecule has 0 aliphatic carbocycles. The highest BCUT2D eigenvalue weighted by Crippen LogP contribution is 2.33. The van der Waals surface area contributed by atoms with E-state index in [0.29, 0.717) is 27.1 Å². The van der Waals surface area contributed by atoms with E-state index in [9.17, 15) is 0 Å². The Hall–Kier alpha value is -1.91. The van der Waals surface area contributed by atoms with E-state index in [1.165, 1.54) is 0 Å². The number of aryl methyl sites for hydroxylation is 1. The summed E-state index contributed by atoms with van der Waals surface area (Å²) in [6.07, 6.45) is 0. The standard InChI is InChI=1S/C14H12Cl2N2O2/c1-8-5-6-9(15)7-12(8)20-11-4-2-3-10(16)13(11)14(17)18-19/h2-7,19H,1H3,(H2,17,18). The van der Waals surface area contributed by atoms with Gasteiger partial charge in [-0.25, -0.2) is 0 Å². The van der Waals surface area contributed by atoms with Crippen LogP contribution in [0.4, 0.5) is 0 Å². The quantitative estimate of drug-likeness (QED) is 0.386. The van der Waals surface area contributed by atoms with Crippen LogP contribution in [0.25, 0.3) is 0 Å². The van der Waals surface area contributed by atoms with Crippen molar-refractivity contribution in [3.63, 3.8) is 0 Å². The van der Waals surface area contributed by atoms with Crippen LogP contribution >= 0.6 is 23.2 Å². The van der Waals surface area contributed by atoms with Crippen molar-refractivity contribution in [3.8, 4) is 11.5 Å². The number of amidine groups is 1. The zero-order valence-corrected chi connectivity index (χ0v) is 12.1. The summed E-state index contributed by atoms with van der Waals surface area (Å²) in [5, 5.41) is 12.7. The van der Waals surface area contributed by atoms with Crippen molar-refractivity contribution < 1.29 is 9.94 Å². The van der Waals surface area contributed by atoms with E-state index in [-0.39, 0.29) is 5.84 Å². The summed E-state index contributed by atoms with van der Waals surface area (Å²) in [4.78, 5) is 0. The Morgan fingerprint density at radius 3 is 2.65 bits per heavy atom. The fraction of sp³-hybridized carbons (Fsp3) is 0.0714. The first-order valence-electron chi connectivity index (χ1n) is 5.73. The monoisotopic (exact) mass is 310 g/mol. The molecule has 0 fully saturated rings. The van der Waals surface area contributed by atoms with Crippen LogP contribution in [0.2, 0.25) is 10.0 Å². The molecule has 2 aromatic rings. The van der Waals surface area contributed by atoms with Gasteiger partial charge in [0.2, 0.25) is 0 Å². The summed E-state index contributed by atoms with van der Waals surface area (Å²) in [6.45, 7) is 1.89. The van der Waals surface area contributed by atoms with Crippen molar-refractivity contribution in [1.29, 1.82) is 0 Å². The number of rotatable bonds is 3. The predicted molar refractivity (Wildman–Crippen MR) is 80.2 cm³/mol. The second-order valence-electron chi connectivity index (χ2n) is 4.11. The third-order valence-corrected chi connectivity index (χ3v) is 3.26. The van der Waals surface area contributed by atoms with E-state index in [0.717, 1.165) is 5.56 Å². The second kappa shape index (κ2) is 6.03. The number of ether oxygens (including phenoxy) is 1. The molecule has 0 aromatic heterocycles. The van der Waals surface area contributed by atoms with Crippen molar-refractivity contribution >= 4 is 29.0 Å². The Morgan fingerprint density at radius 1 is 1.20 bits per heavy atom. The molecule has 0 heterocycles. The molecule has 2 rings (SSSR count). The summed E-state index contributed by atoms with van der Waals surface area (Å²) in [7, 11) is 0. The van der Waals surface area contributed by atoms with Gasteiger partial charge in [-0.3, -0.25) is 0 Å². The van der Waals surface area contributed by atoms with Gasteiger partial charge in [-0.2, -0.15) is 0 Å². The van der Waals surface area contributed by atoms with Gasteiger partial charge in [0, 0.05) is 5.02 Å². The van der Waals surface area contributed by atoms with Gasteiger partial charge in [0.05, 0.1) is 10.6 Å². The van der Waals surface area contributed by atoms with Gasteiger partial charge in [-0.1, -0.05) is 40.5 Å². The van der Waals surface area contributed by atoms with Crippen molar-refractivity contribution in [2.45, 2.75) is 6.92 Å². The lowest BCUT2D eigenvalue weighted by Crippen LogP contribution is -2.15. The molecule has 0 aliphatic rings. The Morgan fingerprint density at radius 2 is 1.95 bits per heavy atom. The molecule has 2 aromatic carbocycles. The van der Waals surface area contributed by atoms with Crippen molar-refractivity contribution in [3.05, 3.63) is 57.6 Å². The highest BCUT2D eigenvalue weighted by atomic mass is 35.5.